The van der Waals surface area contributed by atoms with E-state index in [2.05, 4.69) is 17.3 Å². The van der Waals surface area contributed by atoms with Crippen LogP contribution in [0.4, 0.5) is 0 Å². The van der Waals surface area contributed by atoms with Crippen LogP contribution in [0.5, 0.6) is 0 Å². The van der Waals surface area contributed by atoms with Crippen LogP contribution in [0, 0.1) is 0 Å². The maximum Gasteiger partial charge on any atom is 0.0570 e. The molecule has 3 nitrogen and oxygen atoms in total. The summed E-state index contributed by atoms with van der Waals surface area (Å²) in [6.45, 7) is 2.39. The Morgan fingerprint density at radius 1 is 1.33 bits per heavy atom. The molecule has 2 aliphatic rings. The van der Waals surface area contributed by atoms with Crippen molar-refractivity contribution in [1.29, 1.82) is 0 Å². The first-order valence-corrected chi connectivity index (χ1v) is 4.86. The van der Waals surface area contributed by atoms with Crippen molar-refractivity contribution in [2.45, 2.75) is 37.5 Å². The number of aliphatic hydroxyl groups excluding tert-OH is 1. The average molecular weight is 170 g/mol. The molecule has 0 amide bonds. The second-order valence-corrected chi connectivity index (χ2v) is 4.24. The highest BCUT2D eigenvalue weighted by molar-refractivity contribution is 4.89. The van der Waals surface area contributed by atoms with Crippen LogP contribution in [-0.2, 0) is 0 Å². The lowest BCUT2D eigenvalue weighted by Crippen LogP contribution is -2.49. The zero-order valence-electron chi connectivity index (χ0n) is 7.66. The van der Waals surface area contributed by atoms with Gasteiger partial charge in [-0.1, -0.05) is 0 Å². The second-order valence-electron chi connectivity index (χ2n) is 4.24. The van der Waals surface area contributed by atoms with Crippen LogP contribution >= 0.6 is 0 Å². The summed E-state index contributed by atoms with van der Waals surface area (Å²) < 4.78 is 0. The molecule has 0 bridgehead atoms. The van der Waals surface area contributed by atoms with E-state index in [1.54, 1.807) is 0 Å². The molecule has 2 rings (SSSR count). The van der Waals surface area contributed by atoms with Gasteiger partial charge in [0.05, 0.1) is 6.10 Å². The molecule has 1 atom stereocenters. The molecule has 12 heavy (non-hydrogen) atoms. The molecular weight excluding hydrogens is 152 g/mol. The Morgan fingerprint density at radius 3 is 2.58 bits per heavy atom. The molecule has 3 heteroatoms. The summed E-state index contributed by atoms with van der Waals surface area (Å²) in [5, 5.41) is 12.7. The van der Waals surface area contributed by atoms with E-state index >= 15 is 0 Å². The summed E-state index contributed by atoms with van der Waals surface area (Å²) in [6.07, 6.45) is 3.16. The van der Waals surface area contributed by atoms with Crippen LogP contribution in [0.2, 0.25) is 0 Å². The highest BCUT2D eigenvalue weighted by Gasteiger charge is 2.30. The summed E-state index contributed by atoms with van der Waals surface area (Å²) in [7, 11) is 2.16. The van der Waals surface area contributed by atoms with E-state index in [0.29, 0.717) is 12.1 Å². The van der Waals surface area contributed by atoms with E-state index < -0.39 is 0 Å². The van der Waals surface area contributed by atoms with Gasteiger partial charge in [-0.3, -0.25) is 0 Å². The summed E-state index contributed by atoms with van der Waals surface area (Å²) >= 11 is 0. The first kappa shape index (κ1) is 8.48. The van der Waals surface area contributed by atoms with Gasteiger partial charge in [0.15, 0.2) is 0 Å². The first-order chi connectivity index (χ1) is 5.74. The fraction of sp³-hybridized carbons (Fsp3) is 1.00. The average Bonchev–Trinajstić information content (AvgIpc) is 2.33. The Balaban J connectivity index is 1.67. The topological polar surface area (TPSA) is 35.5 Å². The third-order valence-electron chi connectivity index (χ3n) is 2.98. The molecule has 2 fully saturated rings. The van der Waals surface area contributed by atoms with Gasteiger partial charge in [-0.05, 0) is 32.9 Å². The molecule has 2 N–H and O–H groups in total. The smallest absolute Gasteiger partial charge is 0.0570 e. The van der Waals surface area contributed by atoms with E-state index in [1.165, 1.54) is 19.5 Å². The molecular formula is C9H18N2O. The van der Waals surface area contributed by atoms with Crippen LogP contribution in [-0.4, -0.2) is 48.3 Å². The van der Waals surface area contributed by atoms with Gasteiger partial charge in [-0.25, -0.2) is 0 Å². The molecule has 70 valence electrons. The molecule has 1 aliphatic carbocycles. The van der Waals surface area contributed by atoms with Gasteiger partial charge in [0.25, 0.3) is 0 Å². The molecule has 0 unspecified atom stereocenters. The van der Waals surface area contributed by atoms with Crippen molar-refractivity contribution in [1.82, 2.24) is 10.2 Å². The number of aliphatic hydroxyl groups is 1. The minimum absolute atomic E-state index is 0.0263. The van der Waals surface area contributed by atoms with Gasteiger partial charge in [0.2, 0.25) is 0 Å². The van der Waals surface area contributed by atoms with Crippen molar-refractivity contribution in [3.8, 4) is 0 Å². The van der Waals surface area contributed by atoms with E-state index in [9.17, 15) is 0 Å². The molecule has 0 spiro atoms. The van der Waals surface area contributed by atoms with Gasteiger partial charge >= 0.3 is 0 Å². The van der Waals surface area contributed by atoms with Crippen LogP contribution in [0.1, 0.15) is 19.3 Å². The lowest BCUT2D eigenvalue weighted by Gasteiger charge is -2.34. The van der Waals surface area contributed by atoms with Crippen molar-refractivity contribution in [3.05, 3.63) is 0 Å². The van der Waals surface area contributed by atoms with Gasteiger partial charge in [-0.15, -0.1) is 0 Å². The standard InChI is InChI=1S/C9H18N2O/c1-11-3-2-7(6-11)10-8-4-9(12)5-8/h7-10,12H,2-6H2,1H3/t7-,8-,9+/m0/s1. The molecule has 0 aromatic heterocycles. The molecule has 0 aromatic rings. The molecule has 0 radical (unpaired) electrons. The SMILES string of the molecule is CN1CC[C@H](N[C@H]2C[C@@H](O)C2)C1. The summed E-state index contributed by atoms with van der Waals surface area (Å²) in [6, 6.07) is 1.27. The zero-order chi connectivity index (χ0) is 8.55. The minimum atomic E-state index is -0.0263. The quantitative estimate of drug-likeness (QED) is 0.602. The van der Waals surface area contributed by atoms with Crippen LogP contribution in [0.25, 0.3) is 0 Å². The van der Waals surface area contributed by atoms with Crippen LogP contribution in [0.3, 0.4) is 0 Å². The molecule has 1 aliphatic heterocycles. The van der Waals surface area contributed by atoms with Crippen molar-refractivity contribution >= 4 is 0 Å². The summed E-state index contributed by atoms with van der Waals surface area (Å²) in [4.78, 5) is 2.35. The van der Waals surface area contributed by atoms with E-state index in [1.807, 2.05) is 0 Å². The molecule has 1 saturated heterocycles. The van der Waals surface area contributed by atoms with Crippen LogP contribution < -0.4 is 5.32 Å². The fourth-order valence-corrected chi connectivity index (χ4v) is 2.13. The Morgan fingerprint density at radius 2 is 2.08 bits per heavy atom. The minimum Gasteiger partial charge on any atom is -0.393 e. The number of hydrogen-bond donors (Lipinski definition) is 2. The zero-order valence-corrected chi connectivity index (χ0v) is 7.66. The second kappa shape index (κ2) is 3.32. The summed E-state index contributed by atoms with van der Waals surface area (Å²) in [5.41, 5.74) is 0. The van der Waals surface area contributed by atoms with Gasteiger partial charge in [-0.2, -0.15) is 0 Å². The van der Waals surface area contributed by atoms with Crippen molar-refractivity contribution in [2.75, 3.05) is 20.1 Å². The number of rotatable bonds is 2. The van der Waals surface area contributed by atoms with Crippen LogP contribution in [0.15, 0.2) is 0 Å². The Hall–Kier alpha value is -0.120. The van der Waals surface area contributed by atoms with E-state index in [0.717, 1.165) is 12.8 Å². The predicted octanol–water partition coefficient (Wildman–Crippen LogP) is -0.197. The lowest BCUT2D eigenvalue weighted by molar-refractivity contribution is 0.0582. The maximum atomic E-state index is 9.09. The Labute approximate surface area is 73.8 Å². The van der Waals surface area contributed by atoms with E-state index in [-0.39, 0.29) is 6.10 Å². The third-order valence-corrected chi connectivity index (χ3v) is 2.98. The number of nitrogens with zero attached hydrogens (tertiary/aromatic N) is 1. The number of hydrogen-bond acceptors (Lipinski definition) is 3. The molecule has 1 saturated carbocycles. The van der Waals surface area contributed by atoms with Crippen molar-refractivity contribution in [3.63, 3.8) is 0 Å². The Kier molecular flexibility index (Phi) is 2.35. The lowest BCUT2D eigenvalue weighted by atomic mass is 9.89. The Bertz CT molecular complexity index is 157. The molecule has 0 aromatic carbocycles. The number of likely N-dealkylation sites (tertiary alicyclic amines) is 1. The number of nitrogens with one attached hydrogen (secondary N) is 1. The monoisotopic (exact) mass is 170 g/mol. The molecule has 1 heterocycles. The van der Waals surface area contributed by atoms with Gasteiger partial charge < -0.3 is 15.3 Å². The van der Waals surface area contributed by atoms with Gasteiger partial charge in [0, 0.05) is 18.6 Å². The van der Waals surface area contributed by atoms with Crippen molar-refractivity contribution < 1.29 is 5.11 Å². The first-order valence-electron chi connectivity index (χ1n) is 4.86. The third kappa shape index (κ3) is 1.79. The van der Waals surface area contributed by atoms with E-state index in [4.69, 9.17) is 5.11 Å². The maximum absolute atomic E-state index is 9.09. The highest BCUT2D eigenvalue weighted by Crippen LogP contribution is 2.21. The highest BCUT2D eigenvalue weighted by atomic mass is 16.3. The normalized spacial score (nSPS) is 43.0. The largest absolute Gasteiger partial charge is 0.393 e. The number of likely N-dealkylation sites (N-methyl/N-ethyl adjacent to an activating group) is 1. The fourth-order valence-electron chi connectivity index (χ4n) is 2.13. The predicted molar refractivity (Wildman–Crippen MR) is 48.1 cm³/mol. The van der Waals surface area contributed by atoms with Crippen molar-refractivity contribution in [2.24, 2.45) is 0 Å². The summed E-state index contributed by atoms with van der Waals surface area (Å²) in [5.74, 6) is 0. The van der Waals surface area contributed by atoms with Gasteiger partial charge in [0.1, 0.15) is 0 Å².